The highest BCUT2D eigenvalue weighted by molar-refractivity contribution is 7.24. The number of hydrogen-bond acceptors (Lipinski definition) is 12. The summed E-state index contributed by atoms with van der Waals surface area (Å²) in [4.78, 5) is 93.2. The predicted octanol–water partition coefficient (Wildman–Crippen LogP) is 12.5. The van der Waals surface area contributed by atoms with Crippen molar-refractivity contribution in [1.82, 2.24) is 9.80 Å². The Kier molecular flexibility index (Phi) is 9.55. The van der Waals surface area contributed by atoms with Crippen molar-refractivity contribution in [3.63, 3.8) is 0 Å². The predicted molar refractivity (Wildman–Crippen MR) is 263 cm³/mol. The molecule has 4 amide bonds. The van der Waals surface area contributed by atoms with Gasteiger partial charge in [-0.05, 0) is 145 Å². The fraction of sp³-hybridized carbons (Fsp3) is 0.192. The fourth-order valence-electron chi connectivity index (χ4n) is 9.32. The van der Waals surface area contributed by atoms with Gasteiger partial charge in [-0.1, -0.05) is 24.3 Å². The van der Waals surface area contributed by atoms with E-state index in [4.69, 9.17) is 9.47 Å². The largest absolute Gasteiger partial charge is 0.459 e. The van der Waals surface area contributed by atoms with Crippen molar-refractivity contribution in [3.8, 4) is 40.4 Å². The summed E-state index contributed by atoms with van der Waals surface area (Å²) in [6.45, 7) is 9.24. The molecule has 0 N–H and O–H groups in total. The Hall–Kier alpha value is -6.58. The van der Waals surface area contributed by atoms with E-state index in [-0.39, 0.29) is 22.3 Å². The molecule has 10 nitrogen and oxygen atoms in total. The molecule has 0 atom stereocenters. The van der Waals surface area contributed by atoms with E-state index in [1.165, 1.54) is 0 Å². The van der Waals surface area contributed by atoms with E-state index >= 15 is 0 Å². The number of fused-ring (bicyclic) bond motifs is 2. The maximum absolute atomic E-state index is 14.8. The molecule has 0 spiro atoms. The van der Waals surface area contributed by atoms with Gasteiger partial charge in [0.05, 0.1) is 0 Å². The number of esters is 2. The molecule has 2 aliphatic heterocycles. The lowest BCUT2D eigenvalue weighted by atomic mass is 9.79. The van der Waals surface area contributed by atoms with Crippen LogP contribution >= 0.6 is 45.3 Å². The molecular weight excluding hydrogens is 909 g/mol. The molecule has 0 saturated heterocycles. The first kappa shape index (κ1) is 42.1. The van der Waals surface area contributed by atoms with Crippen LogP contribution in [0, 0.1) is 0 Å². The summed E-state index contributed by atoms with van der Waals surface area (Å²) in [7, 11) is 0. The Morgan fingerprint density at radius 1 is 0.439 bits per heavy atom. The zero-order valence-electron chi connectivity index (χ0n) is 36.4. The smallest absolute Gasteiger partial charge is 0.326 e. The molecule has 66 heavy (non-hydrogen) atoms. The second-order valence-corrected chi connectivity index (χ2v) is 22.4. The van der Waals surface area contributed by atoms with Crippen LogP contribution in [0.1, 0.15) is 83.0 Å². The molecule has 14 heteroatoms. The standard InChI is InChI=1S/C52H38N2O8S4/c1-51(2,3)61-39(55)23-53-47(57)27-13-11-25-42-30(34-16-18-38(66-34)36-10-8-20-64-36)22-32-44-28(48(58)54(50(32)60)24-40(56)62-52(4,5)6)14-12-26(46(42)44)41-29(21-31(49(53)59)43(27)45(25)41)33-15-17-37(65-33)35-9-7-19-63-35/h7-22H,23-24H2,1-6H3. The van der Waals surface area contributed by atoms with Crippen LogP contribution in [-0.4, -0.2) is 69.7 Å². The third-order valence-electron chi connectivity index (χ3n) is 11.7. The number of carbonyl (C=O) groups is 6. The lowest BCUT2D eigenvalue weighted by molar-refractivity contribution is -0.156. The third kappa shape index (κ3) is 6.68. The molecule has 0 fully saturated rings. The van der Waals surface area contributed by atoms with E-state index in [2.05, 4.69) is 12.1 Å². The number of nitrogens with zero attached hydrogens (tertiary/aromatic N) is 2. The van der Waals surface area contributed by atoms with Crippen molar-refractivity contribution >= 4 is 124 Å². The maximum atomic E-state index is 14.8. The molecule has 6 heterocycles. The van der Waals surface area contributed by atoms with E-state index < -0.39 is 59.9 Å². The molecule has 11 rings (SSSR count). The number of rotatable bonds is 8. The van der Waals surface area contributed by atoms with Gasteiger partial charge in [0.1, 0.15) is 24.3 Å². The lowest BCUT2D eigenvalue weighted by Crippen LogP contribution is -2.45. The van der Waals surface area contributed by atoms with Gasteiger partial charge in [-0.2, -0.15) is 0 Å². The van der Waals surface area contributed by atoms with Crippen LogP contribution in [-0.2, 0) is 19.1 Å². The SMILES string of the molecule is CC(C)(C)OC(=O)CN1C(=O)c2ccc3c4c(-c5ccc(-c6cccs6)s5)cc5c6c(ccc(c7c(-c8ccc(-c9cccs9)s8)cc(c2c37)C1=O)c64)C(=O)N(CC(=O)OC(C)(C)C)C5=O. The Morgan fingerprint density at radius 3 is 1.18 bits per heavy atom. The first-order valence-electron chi connectivity index (χ1n) is 21.2. The molecule has 4 aromatic heterocycles. The van der Waals surface area contributed by atoms with E-state index in [1.54, 1.807) is 99.0 Å². The van der Waals surface area contributed by atoms with E-state index in [9.17, 15) is 28.8 Å². The lowest BCUT2D eigenvalue weighted by Gasteiger charge is -2.31. The van der Waals surface area contributed by atoms with Crippen molar-refractivity contribution in [2.75, 3.05) is 13.1 Å². The molecule has 2 aliphatic rings. The summed E-state index contributed by atoms with van der Waals surface area (Å²) in [5, 5.41) is 9.24. The van der Waals surface area contributed by atoms with Crippen LogP contribution in [0.25, 0.3) is 83.5 Å². The molecular formula is C52H38N2O8S4. The summed E-state index contributed by atoms with van der Waals surface area (Å²) < 4.78 is 11.2. The maximum Gasteiger partial charge on any atom is 0.326 e. The van der Waals surface area contributed by atoms with Crippen LogP contribution in [0.2, 0.25) is 0 Å². The minimum absolute atomic E-state index is 0.264. The Morgan fingerprint density at radius 2 is 0.818 bits per heavy atom. The highest BCUT2D eigenvalue weighted by Gasteiger charge is 2.40. The third-order valence-corrected chi connectivity index (χ3v) is 16.1. The molecule has 5 aromatic carbocycles. The fourth-order valence-corrected chi connectivity index (χ4v) is 13.0. The van der Waals surface area contributed by atoms with Gasteiger partial charge in [0.2, 0.25) is 0 Å². The van der Waals surface area contributed by atoms with Gasteiger partial charge in [0.25, 0.3) is 23.6 Å². The number of amides is 4. The Bertz CT molecular complexity index is 3350. The van der Waals surface area contributed by atoms with Gasteiger partial charge in [0, 0.05) is 73.4 Å². The van der Waals surface area contributed by atoms with Gasteiger partial charge in [-0.15, -0.1) is 45.3 Å². The summed E-state index contributed by atoms with van der Waals surface area (Å²) >= 11 is 6.37. The molecule has 9 aromatic rings. The number of imide groups is 2. The summed E-state index contributed by atoms with van der Waals surface area (Å²) in [6, 6.07) is 27.0. The summed E-state index contributed by atoms with van der Waals surface area (Å²) in [5.74, 6) is -3.87. The van der Waals surface area contributed by atoms with Gasteiger partial charge in [-0.3, -0.25) is 38.6 Å². The molecule has 0 aliphatic carbocycles. The van der Waals surface area contributed by atoms with Gasteiger partial charge in [0.15, 0.2) is 0 Å². The number of carbonyl (C=O) groups excluding carboxylic acids is 6. The van der Waals surface area contributed by atoms with Crippen LogP contribution < -0.4 is 0 Å². The quantitative estimate of drug-likeness (QED) is 0.0638. The highest BCUT2D eigenvalue weighted by Crippen LogP contribution is 2.54. The van der Waals surface area contributed by atoms with Gasteiger partial charge < -0.3 is 9.47 Å². The van der Waals surface area contributed by atoms with Crippen molar-refractivity contribution in [2.45, 2.75) is 52.7 Å². The molecule has 0 bridgehead atoms. The second kappa shape index (κ2) is 15.0. The van der Waals surface area contributed by atoms with Crippen molar-refractivity contribution < 1.29 is 38.2 Å². The minimum atomic E-state index is -0.838. The minimum Gasteiger partial charge on any atom is -0.459 e. The Labute approximate surface area is 393 Å². The van der Waals surface area contributed by atoms with Crippen molar-refractivity contribution in [3.05, 3.63) is 118 Å². The van der Waals surface area contributed by atoms with E-state index in [1.807, 2.05) is 71.4 Å². The molecule has 0 radical (unpaired) electrons. The normalized spacial score (nSPS) is 14.2. The summed E-state index contributed by atoms with van der Waals surface area (Å²) in [5.41, 5.74) is 0.819. The average molecular weight is 947 g/mol. The zero-order chi connectivity index (χ0) is 46.1. The van der Waals surface area contributed by atoms with Gasteiger partial charge >= 0.3 is 11.9 Å². The topological polar surface area (TPSA) is 127 Å². The van der Waals surface area contributed by atoms with Crippen molar-refractivity contribution in [1.29, 1.82) is 0 Å². The Balaban J connectivity index is 1.24. The van der Waals surface area contributed by atoms with E-state index in [0.717, 1.165) is 60.6 Å². The monoisotopic (exact) mass is 946 g/mol. The number of ether oxygens (including phenoxy) is 2. The van der Waals surface area contributed by atoms with Crippen molar-refractivity contribution in [2.24, 2.45) is 0 Å². The number of benzene rings is 5. The first-order valence-corrected chi connectivity index (χ1v) is 24.6. The highest BCUT2D eigenvalue weighted by atomic mass is 32.1. The first-order chi connectivity index (χ1) is 31.5. The van der Waals surface area contributed by atoms with Crippen LogP contribution in [0.5, 0.6) is 0 Å². The van der Waals surface area contributed by atoms with Crippen LogP contribution in [0.3, 0.4) is 0 Å². The summed E-state index contributed by atoms with van der Waals surface area (Å²) in [6.07, 6.45) is 0. The average Bonchev–Trinajstić information content (AvgIpc) is 4.11. The van der Waals surface area contributed by atoms with E-state index in [0.29, 0.717) is 32.7 Å². The number of hydrogen-bond donors (Lipinski definition) is 0. The van der Waals surface area contributed by atoms with Crippen LogP contribution in [0.15, 0.2) is 95.7 Å². The molecule has 0 saturated carbocycles. The molecule has 0 unspecified atom stereocenters. The molecule has 328 valence electrons. The zero-order valence-corrected chi connectivity index (χ0v) is 39.7. The van der Waals surface area contributed by atoms with Crippen LogP contribution in [0.4, 0.5) is 0 Å². The second-order valence-electron chi connectivity index (χ2n) is 18.4. The number of thiophene rings is 4. The van der Waals surface area contributed by atoms with Gasteiger partial charge in [-0.25, -0.2) is 0 Å².